The number of benzene rings is 2. The van der Waals surface area contributed by atoms with Gasteiger partial charge in [0.25, 0.3) is 5.91 Å². The second-order valence-electron chi connectivity index (χ2n) is 7.40. The third-order valence-corrected chi connectivity index (χ3v) is 6.62. The molecule has 1 heterocycles. The summed E-state index contributed by atoms with van der Waals surface area (Å²) in [6.07, 6.45) is 6.55. The SMILES string of the molecule is C[C@H]1CCCC[C@H]1N1C(=O)/C(=C/c2ccc(Cl)cc2)SC1=Nc1ccccc1. The molecule has 1 saturated heterocycles. The van der Waals surface area contributed by atoms with Crippen LogP contribution in [0.1, 0.15) is 38.2 Å². The Morgan fingerprint density at radius 3 is 2.50 bits per heavy atom. The molecule has 5 heteroatoms. The highest BCUT2D eigenvalue weighted by molar-refractivity contribution is 8.18. The van der Waals surface area contributed by atoms with Crippen LogP contribution in [0.15, 0.2) is 64.5 Å². The Morgan fingerprint density at radius 2 is 1.79 bits per heavy atom. The van der Waals surface area contributed by atoms with Crippen LogP contribution in [0, 0.1) is 5.92 Å². The molecule has 0 bridgehead atoms. The molecule has 2 aromatic carbocycles. The highest BCUT2D eigenvalue weighted by Gasteiger charge is 2.40. The number of carbonyl (C=O) groups is 1. The van der Waals surface area contributed by atoms with Gasteiger partial charge in [-0.2, -0.15) is 0 Å². The molecule has 3 nitrogen and oxygen atoms in total. The van der Waals surface area contributed by atoms with Crippen molar-refractivity contribution in [2.75, 3.05) is 0 Å². The number of hydrogen-bond donors (Lipinski definition) is 0. The maximum absolute atomic E-state index is 13.4. The molecule has 2 fully saturated rings. The number of amides is 1. The average molecular weight is 411 g/mol. The number of amidine groups is 1. The van der Waals surface area contributed by atoms with E-state index in [4.69, 9.17) is 16.6 Å². The van der Waals surface area contributed by atoms with Crippen molar-refractivity contribution in [1.82, 2.24) is 4.90 Å². The molecular weight excluding hydrogens is 388 g/mol. The topological polar surface area (TPSA) is 32.7 Å². The van der Waals surface area contributed by atoms with E-state index in [2.05, 4.69) is 6.92 Å². The molecule has 0 radical (unpaired) electrons. The summed E-state index contributed by atoms with van der Waals surface area (Å²) in [5, 5.41) is 1.48. The van der Waals surface area contributed by atoms with Crippen molar-refractivity contribution in [1.29, 1.82) is 0 Å². The van der Waals surface area contributed by atoms with Gasteiger partial charge in [-0.25, -0.2) is 4.99 Å². The van der Waals surface area contributed by atoms with Crippen molar-refractivity contribution in [3.63, 3.8) is 0 Å². The number of para-hydroxylation sites is 1. The van der Waals surface area contributed by atoms with Crippen LogP contribution in [0.4, 0.5) is 5.69 Å². The largest absolute Gasteiger partial charge is 0.283 e. The van der Waals surface area contributed by atoms with E-state index in [1.807, 2.05) is 65.6 Å². The van der Waals surface area contributed by atoms with Gasteiger partial charge >= 0.3 is 0 Å². The third-order valence-electron chi connectivity index (χ3n) is 5.38. The number of halogens is 1. The van der Waals surface area contributed by atoms with E-state index < -0.39 is 0 Å². The van der Waals surface area contributed by atoms with Gasteiger partial charge in [-0.15, -0.1) is 0 Å². The van der Waals surface area contributed by atoms with E-state index in [0.29, 0.717) is 10.9 Å². The monoisotopic (exact) mass is 410 g/mol. The maximum atomic E-state index is 13.4. The predicted molar refractivity (Wildman–Crippen MR) is 119 cm³/mol. The maximum Gasteiger partial charge on any atom is 0.267 e. The van der Waals surface area contributed by atoms with Crippen molar-refractivity contribution >= 4 is 46.2 Å². The summed E-state index contributed by atoms with van der Waals surface area (Å²) in [7, 11) is 0. The van der Waals surface area contributed by atoms with Gasteiger partial charge in [0.05, 0.1) is 10.6 Å². The fourth-order valence-electron chi connectivity index (χ4n) is 3.86. The average Bonchev–Trinajstić information content (AvgIpc) is 3.00. The molecule has 2 aromatic rings. The van der Waals surface area contributed by atoms with Crippen LogP contribution in [-0.4, -0.2) is 22.0 Å². The number of aliphatic imine (C=N–C) groups is 1. The van der Waals surface area contributed by atoms with Crippen LogP contribution in [0.3, 0.4) is 0 Å². The summed E-state index contributed by atoms with van der Waals surface area (Å²) >= 11 is 7.46. The molecule has 4 rings (SSSR count). The lowest BCUT2D eigenvalue weighted by Gasteiger charge is -2.35. The molecule has 28 heavy (non-hydrogen) atoms. The lowest BCUT2D eigenvalue weighted by Crippen LogP contribution is -2.44. The Labute approximate surface area is 175 Å². The number of rotatable bonds is 3. The van der Waals surface area contributed by atoms with E-state index in [1.54, 1.807) is 0 Å². The zero-order valence-electron chi connectivity index (χ0n) is 15.8. The van der Waals surface area contributed by atoms with Gasteiger partial charge in [-0.1, -0.05) is 61.7 Å². The minimum atomic E-state index is 0.0633. The van der Waals surface area contributed by atoms with Crippen LogP contribution in [-0.2, 0) is 4.79 Å². The van der Waals surface area contributed by atoms with Crippen molar-refractivity contribution in [3.8, 4) is 0 Å². The normalized spacial score (nSPS) is 25.6. The summed E-state index contributed by atoms with van der Waals surface area (Å²) in [5.41, 5.74) is 1.84. The van der Waals surface area contributed by atoms with Crippen molar-refractivity contribution in [2.45, 2.75) is 38.6 Å². The molecule has 0 spiro atoms. The zero-order valence-corrected chi connectivity index (χ0v) is 17.4. The lowest BCUT2D eigenvalue weighted by molar-refractivity contribution is -0.124. The minimum absolute atomic E-state index is 0.0633. The molecule has 2 aliphatic rings. The molecule has 144 valence electrons. The van der Waals surface area contributed by atoms with Gasteiger partial charge in [-0.3, -0.25) is 9.69 Å². The van der Waals surface area contributed by atoms with Crippen molar-refractivity contribution < 1.29 is 4.79 Å². The highest BCUT2D eigenvalue weighted by atomic mass is 35.5. The van der Waals surface area contributed by atoms with E-state index >= 15 is 0 Å². The number of carbonyl (C=O) groups excluding carboxylic acids is 1. The molecular formula is C23H23ClN2OS. The Hall–Kier alpha value is -2.04. The number of thioether (sulfide) groups is 1. The molecule has 1 saturated carbocycles. The number of hydrogen-bond acceptors (Lipinski definition) is 3. The van der Waals surface area contributed by atoms with Gasteiger partial charge in [-0.05, 0) is 66.4 Å². The van der Waals surface area contributed by atoms with Crippen molar-refractivity contribution in [2.24, 2.45) is 10.9 Å². The number of nitrogens with zero attached hydrogens (tertiary/aromatic N) is 2. The fourth-order valence-corrected chi connectivity index (χ4v) is 5.03. The summed E-state index contributed by atoms with van der Waals surface area (Å²) in [5.74, 6) is 0.544. The minimum Gasteiger partial charge on any atom is -0.283 e. The van der Waals surface area contributed by atoms with E-state index in [0.717, 1.165) is 40.6 Å². The Balaban J connectivity index is 1.71. The fraction of sp³-hybridized carbons (Fsp3) is 0.304. The molecule has 1 aliphatic carbocycles. The van der Waals surface area contributed by atoms with Gasteiger partial charge in [0.2, 0.25) is 0 Å². The summed E-state index contributed by atoms with van der Waals surface area (Å²) < 4.78 is 0. The summed E-state index contributed by atoms with van der Waals surface area (Å²) in [4.78, 5) is 20.8. The van der Waals surface area contributed by atoms with E-state index in [9.17, 15) is 4.79 Å². The Kier molecular flexibility index (Phi) is 5.88. The lowest BCUT2D eigenvalue weighted by atomic mass is 9.85. The third kappa shape index (κ3) is 4.18. The molecule has 2 atom stereocenters. The van der Waals surface area contributed by atoms with Crippen LogP contribution in [0.25, 0.3) is 6.08 Å². The first-order chi connectivity index (χ1) is 13.6. The molecule has 1 aliphatic heterocycles. The van der Waals surface area contributed by atoms with E-state index in [-0.39, 0.29) is 11.9 Å². The van der Waals surface area contributed by atoms with Crippen LogP contribution in [0.5, 0.6) is 0 Å². The summed E-state index contributed by atoms with van der Waals surface area (Å²) in [6.45, 7) is 2.25. The Morgan fingerprint density at radius 1 is 1.07 bits per heavy atom. The highest BCUT2D eigenvalue weighted by Crippen LogP contribution is 2.40. The quantitative estimate of drug-likeness (QED) is 0.539. The molecule has 0 unspecified atom stereocenters. The van der Waals surface area contributed by atoms with Crippen molar-refractivity contribution in [3.05, 3.63) is 70.1 Å². The van der Waals surface area contributed by atoms with E-state index in [1.165, 1.54) is 18.2 Å². The first kappa shape index (κ1) is 19.3. The van der Waals surface area contributed by atoms with Crippen LogP contribution in [0.2, 0.25) is 5.02 Å². The molecule has 0 N–H and O–H groups in total. The predicted octanol–water partition coefficient (Wildman–Crippen LogP) is 6.52. The summed E-state index contributed by atoms with van der Waals surface area (Å²) in [6, 6.07) is 17.6. The van der Waals surface area contributed by atoms with Gasteiger partial charge in [0.1, 0.15) is 0 Å². The second kappa shape index (κ2) is 8.54. The van der Waals surface area contributed by atoms with Gasteiger partial charge < -0.3 is 0 Å². The molecule has 1 amide bonds. The first-order valence-electron chi connectivity index (χ1n) is 9.74. The standard InChI is InChI=1S/C23H23ClN2OS/c1-16-7-5-6-10-20(16)26-22(27)21(15-17-11-13-18(24)14-12-17)28-23(26)25-19-8-3-2-4-9-19/h2-4,8-9,11-16,20H,5-7,10H2,1H3/b21-15-,25-23?/t16-,20+/m0/s1. The first-order valence-corrected chi connectivity index (χ1v) is 10.9. The van der Waals surface area contributed by atoms with Gasteiger partial charge in [0.15, 0.2) is 5.17 Å². The van der Waals surface area contributed by atoms with Gasteiger partial charge in [0, 0.05) is 11.1 Å². The zero-order chi connectivity index (χ0) is 19.5. The Bertz CT molecular complexity index is 908. The van der Waals surface area contributed by atoms with Crippen LogP contribution >= 0.6 is 23.4 Å². The second-order valence-corrected chi connectivity index (χ2v) is 8.84. The van der Waals surface area contributed by atoms with Crippen LogP contribution < -0.4 is 0 Å². The smallest absolute Gasteiger partial charge is 0.267 e. The molecule has 0 aromatic heterocycles.